The molecule has 3 heteroatoms. The van der Waals surface area contributed by atoms with E-state index in [9.17, 15) is 0 Å². The molecule has 0 bridgehead atoms. The number of aromatic nitrogens is 2. The molecule has 0 aliphatic heterocycles. The van der Waals surface area contributed by atoms with Gasteiger partial charge in [0.05, 0.1) is 11.0 Å². The molecule has 0 amide bonds. The Morgan fingerprint density at radius 1 is 1.18 bits per heavy atom. The first-order valence-electron chi connectivity index (χ1n) is 6.48. The number of aromatic amines is 1. The van der Waals surface area contributed by atoms with Crippen molar-refractivity contribution < 1.29 is 0 Å². The average molecular weight is 247 g/mol. The molecule has 0 saturated heterocycles. The molecular weight excluding hydrogens is 232 g/mol. The second kappa shape index (κ2) is 3.49. The Bertz CT molecular complexity index is 563. The number of nitrogens with zero attached hydrogens (tertiary/aromatic N) is 1. The lowest BCUT2D eigenvalue weighted by atomic mass is 10.0. The maximum absolute atomic E-state index is 6.00. The van der Waals surface area contributed by atoms with Gasteiger partial charge in [0, 0.05) is 10.9 Å². The van der Waals surface area contributed by atoms with E-state index in [-0.39, 0.29) is 0 Å². The van der Waals surface area contributed by atoms with Crippen LogP contribution in [0.25, 0.3) is 11.0 Å². The summed E-state index contributed by atoms with van der Waals surface area (Å²) in [4.78, 5) is 8.18. The third kappa shape index (κ3) is 1.50. The molecule has 1 heterocycles. The molecule has 88 valence electrons. The lowest BCUT2D eigenvalue weighted by Crippen LogP contribution is -1.91. The van der Waals surface area contributed by atoms with Crippen LogP contribution in [0.15, 0.2) is 18.2 Å². The van der Waals surface area contributed by atoms with Crippen molar-refractivity contribution in [3.63, 3.8) is 0 Å². The van der Waals surface area contributed by atoms with Crippen LogP contribution >= 0.6 is 11.6 Å². The lowest BCUT2D eigenvalue weighted by molar-refractivity contribution is 0.480. The van der Waals surface area contributed by atoms with Crippen LogP contribution in [0.4, 0.5) is 0 Å². The number of imidazole rings is 1. The van der Waals surface area contributed by atoms with Gasteiger partial charge in [0.25, 0.3) is 0 Å². The van der Waals surface area contributed by atoms with Gasteiger partial charge in [-0.25, -0.2) is 4.98 Å². The molecule has 1 aromatic heterocycles. The van der Waals surface area contributed by atoms with Crippen LogP contribution < -0.4 is 0 Å². The molecule has 0 spiro atoms. The van der Waals surface area contributed by atoms with Crippen molar-refractivity contribution in [3.05, 3.63) is 29.0 Å². The molecule has 2 aromatic rings. The zero-order chi connectivity index (χ0) is 11.4. The number of halogens is 1. The van der Waals surface area contributed by atoms with Crippen molar-refractivity contribution in [1.82, 2.24) is 9.97 Å². The summed E-state index contributed by atoms with van der Waals surface area (Å²) in [7, 11) is 0. The molecule has 0 radical (unpaired) electrons. The SMILES string of the molecule is Clc1ccc2nc(C3C4CCCCC43)[nH]c2c1. The van der Waals surface area contributed by atoms with Gasteiger partial charge in [-0.15, -0.1) is 0 Å². The Morgan fingerprint density at radius 3 is 2.71 bits per heavy atom. The van der Waals surface area contributed by atoms with Crippen LogP contribution in [0.3, 0.4) is 0 Å². The summed E-state index contributed by atoms with van der Waals surface area (Å²) in [5, 5.41) is 0.779. The average Bonchev–Trinajstić information content (AvgIpc) is 2.93. The maximum Gasteiger partial charge on any atom is 0.110 e. The summed E-state index contributed by atoms with van der Waals surface area (Å²) in [5.41, 5.74) is 2.13. The summed E-state index contributed by atoms with van der Waals surface area (Å²) in [6, 6.07) is 5.89. The Morgan fingerprint density at radius 2 is 1.94 bits per heavy atom. The van der Waals surface area contributed by atoms with Gasteiger partial charge in [-0.1, -0.05) is 24.4 Å². The first-order chi connectivity index (χ1) is 8.33. The van der Waals surface area contributed by atoms with Crippen molar-refractivity contribution in [2.24, 2.45) is 11.8 Å². The van der Waals surface area contributed by atoms with Crippen LogP contribution in [-0.4, -0.2) is 9.97 Å². The minimum atomic E-state index is 0.698. The number of nitrogens with one attached hydrogen (secondary N) is 1. The highest BCUT2D eigenvalue weighted by atomic mass is 35.5. The number of hydrogen-bond donors (Lipinski definition) is 1. The van der Waals surface area contributed by atoms with Gasteiger partial charge in [0.1, 0.15) is 5.82 Å². The summed E-state index contributed by atoms with van der Waals surface area (Å²) in [6.45, 7) is 0. The van der Waals surface area contributed by atoms with Crippen LogP contribution in [-0.2, 0) is 0 Å². The normalized spacial score (nSPS) is 31.5. The van der Waals surface area contributed by atoms with Gasteiger partial charge >= 0.3 is 0 Å². The van der Waals surface area contributed by atoms with Gasteiger partial charge in [-0.2, -0.15) is 0 Å². The van der Waals surface area contributed by atoms with Crippen molar-refractivity contribution in [1.29, 1.82) is 0 Å². The minimum absolute atomic E-state index is 0.698. The monoisotopic (exact) mass is 246 g/mol. The highest BCUT2D eigenvalue weighted by molar-refractivity contribution is 6.31. The van der Waals surface area contributed by atoms with Crippen molar-refractivity contribution in [3.8, 4) is 0 Å². The second-order valence-electron chi connectivity index (χ2n) is 5.42. The molecule has 2 nitrogen and oxygen atoms in total. The van der Waals surface area contributed by atoms with Gasteiger partial charge in [0.2, 0.25) is 0 Å². The molecule has 1 aromatic carbocycles. The molecule has 4 rings (SSSR count). The molecule has 2 unspecified atom stereocenters. The number of benzene rings is 1. The van der Waals surface area contributed by atoms with E-state index >= 15 is 0 Å². The summed E-state index contributed by atoms with van der Waals surface area (Å²) in [5.74, 6) is 3.70. The lowest BCUT2D eigenvalue weighted by Gasteiger charge is -2.04. The van der Waals surface area contributed by atoms with E-state index in [1.165, 1.54) is 31.5 Å². The first kappa shape index (κ1) is 9.95. The first-order valence-corrected chi connectivity index (χ1v) is 6.86. The zero-order valence-electron chi connectivity index (χ0n) is 9.62. The highest BCUT2D eigenvalue weighted by Crippen LogP contribution is 2.60. The van der Waals surface area contributed by atoms with E-state index in [1.54, 1.807) is 0 Å². The predicted octanol–water partition coefficient (Wildman–Crippen LogP) is 4.12. The Kier molecular flexibility index (Phi) is 2.04. The zero-order valence-corrected chi connectivity index (χ0v) is 10.4. The number of fused-ring (bicyclic) bond motifs is 2. The number of H-pyrrole nitrogens is 1. The van der Waals surface area contributed by atoms with E-state index in [4.69, 9.17) is 16.6 Å². The van der Waals surface area contributed by atoms with E-state index in [1.807, 2.05) is 18.2 Å². The van der Waals surface area contributed by atoms with Crippen molar-refractivity contribution in [2.45, 2.75) is 31.6 Å². The van der Waals surface area contributed by atoms with E-state index in [0.717, 1.165) is 27.9 Å². The Balaban J connectivity index is 1.72. The fourth-order valence-corrected chi connectivity index (χ4v) is 3.73. The van der Waals surface area contributed by atoms with Crippen LogP contribution in [0.2, 0.25) is 5.02 Å². The predicted molar refractivity (Wildman–Crippen MR) is 69.3 cm³/mol. The summed E-state index contributed by atoms with van der Waals surface area (Å²) < 4.78 is 0. The van der Waals surface area contributed by atoms with Crippen LogP contribution in [0.5, 0.6) is 0 Å². The van der Waals surface area contributed by atoms with E-state index < -0.39 is 0 Å². The van der Waals surface area contributed by atoms with Gasteiger partial charge < -0.3 is 4.98 Å². The second-order valence-corrected chi connectivity index (χ2v) is 5.86. The summed E-state index contributed by atoms with van der Waals surface area (Å²) in [6.07, 6.45) is 5.60. The topological polar surface area (TPSA) is 28.7 Å². The molecular formula is C14H15ClN2. The number of hydrogen-bond acceptors (Lipinski definition) is 1. The standard InChI is InChI=1S/C14H15ClN2/c15-8-5-6-11-12(7-8)17-14(16-11)13-9-3-1-2-4-10(9)13/h5-7,9-10,13H,1-4H2,(H,16,17). The van der Waals surface area contributed by atoms with Gasteiger partial charge in [-0.3, -0.25) is 0 Å². The van der Waals surface area contributed by atoms with Crippen molar-refractivity contribution in [2.75, 3.05) is 0 Å². The largest absolute Gasteiger partial charge is 0.342 e. The smallest absolute Gasteiger partial charge is 0.110 e. The Labute approximate surface area is 105 Å². The van der Waals surface area contributed by atoms with E-state index in [0.29, 0.717) is 5.92 Å². The molecule has 2 aliphatic rings. The van der Waals surface area contributed by atoms with Crippen LogP contribution in [0.1, 0.15) is 37.4 Å². The third-order valence-electron chi connectivity index (χ3n) is 4.43. The van der Waals surface area contributed by atoms with Crippen molar-refractivity contribution >= 4 is 22.6 Å². The maximum atomic E-state index is 6.00. The third-order valence-corrected chi connectivity index (χ3v) is 4.67. The number of rotatable bonds is 1. The molecule has 2 saturated carbocycles. The molecule has 2 fully saturated rings. The molecule has 2 aliphatic carbocycles. The fraction of sp³-hybridized carbons (Fsp3) is 0.500. The Hall–Kier alpha value is -1.02. The molecule has 1 N–H and O–H groups in total. The summed E-state index contributed by atoms with van der Waals surface area (Å²) >= 11 is 6.00. The van der Waals surface area contributed by atoms with E-state index in [2.05, 4.69) is 4.98 Å². The quantitative estimate of drug-likeness (QED) is 0.806. The molecule has 2 atom stereocenters. The van der Waals surface area contributed by atoms with Gasteiger partial charge in [-0.05, 0) is 42.9 Å². The van der Waals surface area contributed by atoms with Gasteiger partial charge in [0.15, 0.2) is 0 Å². The minimum Gasteiger partial charge on any atom is -0.342 e. The fourth-order valence-electron chi connectivity index (χ4n) is 3.56. The highest BCUT2D eigenvalue weighted by Gasteiger charge is 2.52. The molecule has 17 heavy (non-hydrogen) atoms. The van der Waals surface area contributed by atoms with Crippen LogP contribution in [0, 0.1) is 11.8 Å².